The molecule has 0 aliphatic heterocycles. The highest BCUT2D eigenvalue weighted by Crippen LogP contribution is 2.17. The second kappa shape index (κ2) is 6.73. The van der Waals surface area contributed by atoms with Gasteiger partial charge in [0.25, 0.3) is 5.56 Å². The SMILES string of the molecule is CCCC(C)c1cn(CCc2nc3ccccc3c(=O)[nH]2)nn1. The van der Waals surface area contributed by atoms with Crippen molar-refractivity contribution in [2.24, 2.45) is 0 Å². The van der Waals surface area contributed by atoms with E-state index in [1.54, 1.807) is 6.07 Å². The van der Waals surface area contributed by atoms with Gasteiger partial charge in [0, 0.05) is 25.1 Å². The van der Waals surface area contributed by atoms with E-state index in [4.69, 9.17) is 0 Å². The Morgan fingerprint density at radius 1 is 1.30 bits per heavy atom. The predicted molar refractivity (Wildman–Crippen MR) is 89.4 cm³/mol. The summed E-state index contributed by atoms with van der Waals surface area (Å²) in [6.07, 6.45) is 4.85. The molecule has 0 saturated carbocycles. The van der Waals surface area contributed by atoms with E-state index in [0.29, 0.717) is 30.1 Å². The molecule has 3 aromatic rings. The van der Waals surface area contributed by atoms with Crippen LogP contribution >= 0.6 is 0 Å². The van der Waals surface area contributed by atoms with Crippen LogP contribution in [-0.2, 0) is 13.0 Å². The molecule has 0 fully saturated rings. The van der Waals surface area contributed by atoms with Crippen molar-refractivity contribution in [1.29, 1.82) is 0 Å². The van der Waals surface area contributed by atoms with Crippen molar-refractivity contribution in [2.45, 2.75) is 45.6 Å². The van der Waals surface area contributed by atoms with Crippen LogP contribution in [0.4, 0.5) is 0 Å². The lowest BCUT2D eigenvalue weighted by atomic mass is 10.0. The number of hydrogen-bond donors (Lipinski definition) is 1. The molecule has 0 amide bonds. The average molecular weight is 311 g/mol. The van der Waals surface area contributed by atoms with Gasteiger partial charge in [0.2, 0.25) is 0 Å². The Kier molecular flexibility index (Phi) is 4.50. The number of hydrogen-bond acceptors (Lipinski definition) is 4. The van der Waals surface area contributed by atoms with Crippen molar-refractivity contribution >= 4 is 10.9 Å². The second-order valence-corrected chi connectivity index (χ2v) is 5.88. The van der Waals surface area contributed by atoms with Crippen LogP contribution in [0.25, 0.3) is 10.9 Å². The van der Waals surface area contributed by atoms with Crippen LogP contribution in [0.2, 0.25) is 0 Å². The van der Waals surface area contributed by atoms with Crippen molar-refractivity contribution in [3.8, 4) is 0 Å². The standard InChI is InChI=1S/C17H21N5O/c1-3-6-12(2)15-11-22(21-20-15)10-9-16-18-14-8-5-4-7-13(14)17(23)19-16/h4-5,7-8,11-12H,3,6,9-10H2,1-2H3,(H,18,19,23). The van der Waals surface area contributed by atoms with Gasteiger partial charge in [-0.05, 0) is 18.6 Å². The molecule has 1 atom stereocenters. The molecule has 3 rings (SSSR count). The van der Waals surface area contributed by atoms with E-state index in [-0.39, 0.29) is 5.56 Å². The fourth-order valence-corrected chi connectivity index (χ4v) is 2.70. The third-order valence-electron chi connectivity index (χ3n) is 4.02. The average Bonchev–Trinajstić information content (AvgIpc) is 3.02. The maximum absolute atomic E-state index is 12.0. The van der Waals surface area contributed by atoms with E-state index in [0.717, 1.165) is 24.1 Å². The predicted octanol–water partition coefficient (Wildman–Crippen LogP) is 2.66. The molecule has 1 N–H and O–H groups in total. The number of nitrogens with one attached hydrogen (secondary N) is 1. The van der Waals surface area contributed by atoms with Crippen LogP contribution in [0.3, 0.4) is 0 Å². The molecule has 23 heavy (non-hydrogen) atoms. The third kappa shape index (κ3) is 3.47. The number of nitrogens with zero attached hydrogens (tertiary/aromatic N) is 4. The number of H-pyrrole nitrogens is 1. The molecule has 6 heteroatoms. The molecule has 0 bridgehead atoms. The van der Waals surface area contributed by atoms with Crippen LogP contribution < -0.4 is 5.56 Å². The molecule has 1 aromatic carbocycles. The van der Waals surface area contributed by atoms with Crippen LogP contribution in [-0.4, -0.2) is 25.0 Å². The monoisotopic (exact) mass is 311 g/mol. The largest absolute Gasteiger partial charge is 0.310 e. The van der Waals surface area contributed by atoms with Crippen molar-refractivity contribution in [3.63, 3.8) is 0 Å². The summed E-state index contributed by atoms with van der Waals surface area (Å²) in [4.78, 5) is 19.4. The fourth-order valence-electron chi connectivity index (χ4n) is 2.70. The van der Waals surface area contributed by atoms with E-state index in [2.05, 4.69) is 34.1 Å². The summed E-state index contributed by atoms with van der Waals surface area (Å²) in [5, 5.41) is 9.02. The van der Waals surface area contributed by atoms with E-state index in [1.165, 1.54) is 0 Å². The maximum Gasteiger partial charge on any atom is 0.258 e. The van der Waals surface area contributed by atoms with E-state index < -0.39 is 0 Å². The smallest absolute Gasteiger partial charge is 0.258 e. The lowest BCUT2D eigenvalue weighted by Crippen LogP contribution is -2.14. The highest BCUT2D eigenvalue weighted by Gasteiger charge is 2.10. The molecular formula is C17H21N5O. The van der Waals surface area contributed by atoms with Gasteiger partial charge in [0.15, 0.2) is 0 Å². The summed E-state index contributed by atoms with van der Waals surface area (Å²) in [6, 6.07) is 7.36. The van der Waals surface area contributed by atoms with Crippen molar-refractivity contribution in [3.05, 3.63) is 52.3 Å². The van der Waals surface area contributed by atoms with Gasteiger partial charge >= 0.3 is 0 Å². The summed E-state index contributed by atoms with van der Waals surface area (Å²) in [5.74, 6) is 1.10. The summed E-state index contributed by atoms with van der Waals surface area (Å²) in [5.41, 5.74) is 1.65. The van der Waals surface area contributed by atoms with Crippen LogP contribution in [0.1, 0.15) is 44.1 Å². The first-order valence-corrected chi connectivity index (χ1v) is 8.05. The lowest BCUT2D eigenvalue weighted by molar-refractivity contribution is 0.577. The highest BCUT2D eigenvalue weighted by molar-refractivity contribution is 5.77. The zero-order valence-corrected chi connectivity index (χ0v) is 13.5. The van der Waals surface area contributed by atoms with Crippen LogP contribution in [0, 0.1) is 0 Å². The Morgan fingerprint density at radius 2 is 2.13 bits per heavy atom. The maximum atomic E-state index is 12.0. The lowest BCUT2D eigenvalue weighted by Gasteiger charge is -2.04. The molecule has 120 valence electrons. The zero-order valence-electron chi connectivity index (χ0n) is 13.5. The van der Waals surface area contributed by atoms with Gasteiger partial charge in [-0.15, -0.1) is 5.10 Å². The van der Waals surface area contributed by atoms with Gasteiger partial charge in [0.05, 0.1) is 16.6 Å². The quantitative estimate of drug-likeness (QED) is 0.759. The molecule has 6 nitrogen and oxygen atoms in total. The van der Waals surface area contributed by atoms with Crippen LogP contribution in [0.15, 0.2) is 35.3 Å². The van der Waals surface area contributed by atoms with E-state index >= 15 is 0 Å². The van der Waals surface area contributed by atoms with Crippen molar-refractivity contribution in [1.82, 2.24) is 25.0 Å². The van der Waals surface area contributed by atoms with E-state index in [9.17, 15) is 4.79 Å². The van der Waals surface area contributed by atoms with Crippen molar-refractivity contribution < 1.29 is 0 Å². The molecule has 0 saturated heterocycles. The summed E-state index contributed by atoms with van der Waals surface area (Å²) < 4.78 is 1.82. The Bertz CT molecular complexity index is 851. The first-order chi connectivity index (χ1) is 11.2. The zero-order chi connectivity index (χ0) is 16.2. The first kappa shape index (κ1) is 15.4. The number of para-hydroxylation sites is 1. The fraction of sp³-hybridized carbons (Fsp3) is 0.412. The van der Waals surface area contributed by atoms with Crippen LogP contribution in [0.5, 0.6) is 0 Å². The molecule has 2 aromatic heterocycles. The molecular weight excluding hydrogens is 290 g/mol. The number of aromatic nitrogens is 5. The Morgan fingerprint density at radius 3 is 2.96 bits per heavy atom. The second-order valence-electron chi connectivity index (χ2n) is 5.88. The number of aryl methyl sites for hydroxylation is 2. The van der Waals surface area contributed by atoms with Crippen molar-refractivity contribution in [2.75, 3.05) is 0 Å². The summed E-state index contributed by atoms with van der Waals surface area (Å²) >= 11 is 0. The van der Waals surface area contributed by atoms with E-state index in [1.807, 2.05) is 29.1 Å². The Labute approximate surface area is 134 Å². The minimum Gasteiger partial charge on any atom is -0.310 e. The van der Waals surface area contributed by atoms with Gasteiger partial charge in [-0.1, -0.05) is 37.6 Å². The normalized spacial score (nSPS) is 12.6. The highest BCUT2D eigenvalue weighted by atomic mass is 16.1. The van der Waals surface area contributed by atoms with Gasteiger partial charge in [-0.3, -0.25) is 9.48 Å². The molecule has 0 aliphatic rings. The summed E-state index contributed by atoms with van der Waals surface area (Å²) in [6.45, 7) is 4.98. The number of aromatic amines is 1. The molecule has 1 unspecified atom stereocenters. The van der Waals surface area contributed by atoms with Gasteiger partial charge in [-0.2, -0.15) is 0 Å². The Balaban J connectivity index is 1.72. The number of fused-ring (bicyclic) bond motifs is 1. The van der Waals surface area contributed by atoms with Gasteiger partial charge in [0.1, 0.15) is 5.82 Å². The minimum atomic E-state index is -0.0959. The van der Waals surface area contributed by atoms with Gasteiger partial charge in [-0.25, -0.2) is 4.98 Å². The first-order valence-electron chi connectivity index (χ1n) is 8.05. The minimum absolute atomic E-state index is 0.0959. The topological polar surface area (TPSA) is 76.5 Å². The molecule has 2 heterocycles. The molecule has 0 radical (unpaired) electrons. The molecule has 0 spiro atoms. The summed E-state index contributed by atoms with van der Waals surface area (Å²) in [7, 11) is 0. The van der Waals surface area contributed by atoms with Gasteiger partial charge < -0.3 is 4.98 Å². The third-order valence-corrected chi connectivity index (χ3v) is 4.02. The molecule has 0 aliphatic carbocycles. The number of rotatable bonds is 6. The Hall–Kier alpha value is -2.50. The number of benzene rings is 1.